The SMILES string of the molecule is COCCOCCS(=O)(=O)c1nnc(-c2cc(C(C)C)c(O)cc2O)n1-c1ccc(OC)cc1. The number of ether oxygens (including phenoxy) is 3. The molecule has 2 aromatic carbocycles. The summed E-state index contributed by atoms with van der Waals surface area (Å²) in [5.41, 5.74) is 1.27. The van der Waals surface area contributed by atoms with Crippen molar-refractivity contribution in [2.75, 3.05) is 39.8 Å². The number of phenolic OH excluding ortho intramolecular Hbond substituents is 2. The molecule has 10 nitrogen and oxygen atoms in total. The van der Waals surface area contributed by atoms with Crippen LogP contribution in [0.2, 0.25) is 0 Å². The van der Waals surface area contributed by atoms with E-state index in [9.17, 15) is 18.6 Å². The Morgan fingerprint density at radius 2 is 1.68 bits per heavy atom. The Balaban J connectivity index is 2.13. The van der Waals surface area contributed by atoms with Gasteiger partial charge in [-0.3, -0.25) is 4.57 Å². The molecule has 34 heavy (non-hydrogen) atoms. The van der Waals surface area contributed by atoms with Crippen molar-refractivity contribution in [1.82, 2.24) is 14.8 Å². The monoisotopic (exact) mass is 491 g/mol. The normalized spacial score (nSPS) is 11.8. The van der Waals surface area contributed by atoms with E-state index < -0.39 is 9.84 Å². The van der Waals surface area contributed by atoms with Gasteiger partial charge in [-0.1, -0.05) is 13.8 Å². The van der Waals surface area contributed by atoms with E-state index in [-0.39, 0.29) is 52.9 Å². The zero-order valence-electron chi connectivity index (χ0n) is 19.6. The van der Waals surface area contributed by atoms with Gasteiger partial charge < -0.3 is 24.4 Å². The second kappa shape index (κ2) is 10.9. The predicted octanol–water partition coefficient (Wildman–Crippen LogP) is 2.91. The maximum atomic E-state index is 13.2. The zero-order chi connectivity index (χ0) is 24.9. The molecule has 2 N–H and O–H groups in total. The van der Waals surface area contributed by atoms with Crippen LogP contribution < -0.4 is 4.74 Å². The van der Waals surface area contributed by atoms with Crippen molar-refractivity contribution in [3.63, 3.8) is 0 Å². The first-order valence-corrected chi connectivity index (χ1v) is 12.3. The number of hydrogen-bond donors (Lipinski definition) is 2. The van der Waals surface area contributed by atoms with Gasteiger partial charge in [0.15, 0.2) is 5.82 Å². The minimum atomic E-state index is -3.92. The molecule has 0 spiro atoms. The van der Waals surface area contributed by atoms with Crippen LogP contribution in [0, 0.1) is 0 Å². The Kier molecular flexibility index (Phi) is 8.13. The smallest absolute Gasteiger partial charge is 0.254 e. The number of hydrogen-bond acceptors (Lipinski definition) is 9. The topological polar surface area (TPSA) is 133 Å². The summed E-state index contributed by atoms with van der Waals surface area (Å²) in [5.74, 6) is 0.0179. The third-order valence-corrected chi connectivity index (χ3v) is 6.70. The van der Waals surface area contributed by atoms with Crippen molar-refractivity contribution in [3.05, 3.63) is 42.0 Å². The average Bonchev–Trinajstić information content (AvgIpc) is 3.24. The lowest BCUT2D eigenvalue weighted by Crippen LogP contribution is -2.18. The van der Waals surface area contributed by atoms with Crippen LogP contribution >= 0.6 is 0 Å². The van der Waals surface area contributed by atoms with Crippen LogP contribution in [0.1, 0.15) is 25.3 Å². The Morgan fingerprint density at radius 1 is 0.971 bits per heavy atom. The highest BCUT2D eigenvalue weighted by molar-refractivity contribution is 7.91. The summed E-state index contributed by atoms with van der Waals surface area (Å²) in [7, 11) is -0.857. The highest BCUT2D eigenvalue weighted by Crippen LogP contribution is 2.38. The van der Waals surface area contributed by atoms with Crippen LogP contribution in [0.15, 0.2) is 41.6 Å². The van der Waals surface area contributed by atoms with Gasteiger partial charge in [0.25, 0.3) is 5.16 Å². The summed E-state index contributed by atoms with van der Waals surface area (Å²) in [6, 6.07) is 9.50. The molecular formula is C23H29N3O7S. The Hall–Kier alpha value is -3.15. The lowest BCUT2D eigenvalue weighted by Gasteiger charge is -2.15. The average molecular weight is 492 g/mol. The van der Waals surface area contributed by atoms with Crippen LogP contribution in [-0.2, 0) is 19.3 Å². The van der Waals surface area contributed by atoms with Crippen LogP contribution in [0.25, 0.3) is 17.1 Å². The van der Waals surface area contributed by atoms with Crippen molar-refractivity contribution in [2.24, 2.45) is 0 Å². The van der Waals surface area contributed by atoms with Gasteiger partial charge in [-0.05, 0) is 41.8 Å². The summed E-state index contributed by atoms with van der Waals surface area (Å²) in [6.07, 6.45) is 0. The first-order chi connectivity index (χ1) is 16.2. The maximum absolute atomic E-state index is 13.2. The van der Waals surface area contributed by atoms with E-state index >= 15 is 0 Å². The number of nitrogens with zero attached hydrogens (tertiary/aromatic N) is 3. The standard InChI is InChI=1S/C23H29N3O7S/c1-15(2)18-13-19(21(28)14-20(18)27)22-24-25-23(34(29,30)12-11-33-10-9-31-3)26(22)16-5-7-17(32-4)8-6-16/h5-8,13-15,27-28H,9-12H2,1-4H3. The highest BCUT2D eigenvalue weighted by Gasteiger charge is 2.28. The number of sulfone groups is 1. The largest absolute Gasteiger partial charge is 0.508 e. The van der Waals surface area contributed by atoms with Crippen LogP contribution in [0.3, 0.4) is 0 Å². The molecular weight excluding hydrogens is 462 g/mol. The number of rotatable bonds is 11. The molecule has 11 heteroatoms. The molecule has 1 aromatic heterocycles. The lowest BCUT2D eigenvalue weighted by molar-refractivity contribution is 0.0785. The molecule has 3 rings (SSSR count). The minimum Gasteiger partial charge on any atom is -0.508 e. The summed E-state index contributed by atoms with van der Waals surface area (Å²) < 4.78 is 43.2. The quantitative estimate of drug-likeness (QED) is 0.388. The van der Waals surface area contributed by atoms with E-state index in [0.717, 1.165) is 0 Å². The fourth-order valence-corrected chi connectivity index (χ4v) is 4.50. The molecule has 0 aliphatic carbocycles. The summed E-state index contributed by atoms with van der Waals surface area (Å²) >= 11 is 0. The van der Waals surface area contributed by atoms with E-state index in [4.69, 9.17) is 14.2 Å². The van der Waals surface area contributed by atoms with Crippen LogP contribution in [-0.4, -0.2) is 73.2 Å². The summed E-state index contributed by atoms with van der Waals surface area (Å²) in [4.78, 5) is 0. The van der Waals surface area contributed by atoms with E-state index in [0.29, 0.717) is 23.6 Å². The Morgan fingerprint density at radius 3 is 2.29 bits per heavy atom. The molecule has 0 amide bonds. The minimum absolute atomic E-state index is 0.0432. The van der Waals surface area contributed by atoms with Gasteiger partial charge in [0, 0.05) is 13.2 Å². The number of aromatic hydroxyl groups is 2. The third kappa shape index (κ3) is 5.49. The first kappa shape index (κ1) is 25.5. The molecule has 0 radical (unpaired) electrons. The second-order valence-corrected chi connectivity index (χ2v) is 9.85. The number of aromatic nitrogens is 3. The molecule has 0 saturated carbocycles. The van der Waals surface area contributed by atoms with Gasteiger partial charge in [0.05, 0.1) is 43.9 Å². The van der Waals surface area contributed by atoms with Gasteiger partial charge in [-0.25, -0.2) is 8.42 Å². The molecule has 3 aromatic rings. The fourth-order valence-electron chi connectivity index (χ4n) is 3.35. The molecule has 1 heterocycles. The number of phenols is 2. The molecule has 0 fully saturated rings. The van der Waals surface area contributed by atoms with Gasteiger partial charge in [0.2, 0.25) is 9.84 Å². The second-order valence-electron chi connectivity index (χ2n) is 7.85. The third-order valence-electron chi connectivity index (χ3n) is 5.18. The molecule has 0 saturated heterocycles. The van der Waals surface area contributed by atoms with Crippen molar-refractivity contribution in [1.29, 1.82) is 0 Å². The first-order valence-electron chi connectivity index (χ1n) is 10.6. The Labute approximate surface area is 198 Å². The highest BCUT2D eigenvalue weighted by atomic mass is 32.2. The Bertz CT molecular complexity index is 1220. The van der Waals surface area contributed by atoms with Gasteiger partial charge in [0.1, 0.15) is 17.2 Å². The molecule has 0 aliphatic heterocycles. The number of benzene rings is 2. The van der Waals surface area contributed by atoms with Crippen LogP contribution in [0.5, 0.6) is 17.2 Å². The molecule has 0 bridgehead atoms. The van der Waals surface area contributed by atoms with E-state index in [2.05, 4.69) is 10.2 Å². The van der Waals surface area contributed by atoms with E-state index in [1.165, 1.54) is 24.9 Å². The van der Waals surface area contributed by atoms with Gasteiger partial charge in [-0.15, -0.1) is 10.2 Å². The van der Waals surface area contributed by atoms with E-state index in [1.807, 2.05) is 13.8 Å². The lowest BCUT2D eigenvalue weighted by atomic mass is 9.98. The fraction of sp³-hybridized carbons (Fsp3) is 0.391. The van der Waals surface area contributed by atoms with Crippen LogP contribution in [0.4, 0.5) is 0 Å². The zero-order valence-corrected chi connectivity index (χ0v) is 20.4. The predicted molar refractivity (Wildman–Crippen MR) is 126 cm³/mol. The van der Waals surface area contributed by atoms with Crippen molar-refractivity contribution in [3.8, 4) is 34.3 Å². The van der Waals surface area contributed by atoms with E-state index in [1.54, 1.807) is 30.3 Å². The van der Waals surface area contributed by atoms with Gasteiger partial charge in [-0.2, -0.15) is 0 Å². The van der Waals surface area contributed by atoms with Gasteiger partial charge >= 0.3 is 0 Å². The summed E-state index contributed by atoms with van der Waals surface area (Å²) in [5, 5.41) is 28.6. The van der Waals surface area contributed by atoms with Crippen molar-refractivity contribution < 1.29 is 32.8 Å². The number of methoxy groups -OCH3 is 2. The van der Waals surface area contributed by atoms with Crippen molar-refractivity contribution >= 4 is 9.84 Å². The molecule has 0 unspecified atom stereocenters. The summed E-state index contributed by atoms with van der Waals surface area (Å²) in [6.45, 7) is 4.36. The van der Waals surface area contributed by atoms with Crippen molar-refractivity contribution in [2.45, 2.75) is 24.9 Å². The molecule has 0 aliphatic rings. The molecule has 184 valence electrons. The molecule has 0 atom stereocenters. The maximum Gasteiger partial charge on any atom is 0.254 e.